The summed E-state index contributed by atoms with van der Waals surface area (Å²) in [7, 11) is 2.20. The lowest BCUT2D eigenvalue weighted by Crippen LogP contribution is -2.58. The molecule has 1 saturated heterocycles. The number of halogens is 1. The summed E-state index contributed by atoms with van der Waals surface area (Å²) in [5.74, 6) is 1.14. The Morgan fingerprint density at radius 1 is 1.39 bits per heavy atom. The van der Waals surface area contributed by atoms with Crippen molar-refractivity contribution in [3.05, 3.63) is 23.4 Å². The third-order valence-electron chi connectivity index (χ3n) is 3.88. The molecule has 100 valence electrons. The molecule has 1 aromatic heterocycles. The Morgan fingerprint density at radius 2 is 2.11 bits per heavy atom. The molecule has 0 radical (unpaired) electrons. The van der Waals surface area contributed by atoms with Gasteiger partial charge in [0.25, 0.3) is 0 Å². The van der Waals surface area contributed by atoms with Crippen LogP contribution in [0.25, 0.3) is 0 Å². The first-order valence-corrected chi connectivity index (χ1v) is 7.54. The second-order valence-electron chi connectivity index (χ2n) is 5.77. The molecule has 0 saturated carbocycles. The van der Waals surface area contributed by atoms with E-state index in [1.54, 1.807) is 0 Å². The second-order valence-corrected chi connectivity index (χ2v) is 6.33. The maximum absolute atomic E-state index is 4.64. The summed E-state index contributed by atoms with van der Waals surface area (Å²) in [5.41, 5.74) is 2.72. The van der Waals surface area contributed by atoms with Gasteiger partial charge in [0.1, 0.15) is 5.82 Å². The molecule has 0 amide bonds. The minimum Gasteiger partial charge on any atom is -0.353 e. The van der Waals surface area contributed by atoms with Gasteiger partial charge >= 0.3 is 0 Å². The van der Waals surface area contributed by atoms with Gasteiger partial charge in [0.2, 0.25) is 0 Å². The van der Waals surface area contributed by atoms with Crippen molar-refractivity contribution in [2.75, 3.05) is 31.6 Å². The molecule has 1 aliphatic rings. The molecule has 3 nitrogen and oxygen atoms in total. The van der Waals surface area contributed by atoms with Gasteiger partial charge in [-0.05, 0) is 38.9 Å². The monoisotopic (exact) mass is 311 g/mol. The van der Waals surface area contributed by atoms with Crippen LogP contribution < -0.4 is 4.90 Å². The molecule has 18 heavy (non-hydrogen) atoms. The molecular weight excluding hydrogens is 290 g/mol. The summed E-state index contributed by atoms with van der Waals surface area (Å²) >= 11 is 3.48. The van der Waals surface area contributed by atoms with Crippen molar-refractivity contribution in [2.24, 2.45) is 0 Å². The first-order valence-electron chi connectivity index (χ1n) is 6.42. The van der Waals surface area contributed by atoms with Crippen molar-refractivity contribution in [1.82, 2.24) is 9.88 Å². The number of rotatable bonds is 2. The lowest BCUT2D eigenvalue weighted by Gasteiger charge is -2.46. The Kier molecular flexibility index (Phi) is 3.97. The topological polar surface area (TPSA) is 19.4 Å². The average molecular weight is 312 g/mol. The molecular formula is C14H22BrN3. The predicted molar refractivity (Wildman–Crippen MR) is 80.5 cm³/mol. The zero-order chi connectivity index (χ0) is 13.3. The number of nitrogens with zero attached hydrogens (tertiary/aromatic N) is 3. The van der Waals surface area contributed by atoms with Gasteiger partial charge in [-0.25, -0.2) is 4.98 Å². The highest BCUT2D eigenvalue weighted by molar-refractivity contribution is 9.08. The first kappa shape index (κ1) is 13.8. The van der Waals surface area contributed by atoms with Gasteiger partial charge in [0.05, 0.1) is 0 Å². The van der Waals surface area contributed by atoms with Gasteiger partial charge in [0.15, 0.2) is 0 Å². The molecule has 0 spiro atoms. The maximum Gasteiger partial charge on any atom is 0.131 e. The van der Waals surface area contributed by atoms with Gasteiger partial charge in [-0.15, -0.1) is 0 Å². The van der Waals surface area contributed by atoms with Crippen LogP contribution >= 0.6 is 15.9 Å². The van der Waals surface area contributed by atoms with Crippen LogP contribution in [0.2, 0.25) is 0 Å². The van der Waals surface area contributed by atoms with Crippen LogP contribution in [0, 0.1) is 6.92 Å². The number of piperazine rings is 1. The fraction of sp³-hybridized carbons (Fsp3) is 0.643. The molecule has 1 fully saturated rings. The molecule has 0 unspecified atom stereocenters. The van der Waals surface area contributed by atoms with E-state index in [-0.39, 0.29) is 5.54 Å². The summed E-state index contributed by atoms with van der Waals surface area (Å²) in [5, 5.41) is 0.870. The number of hydrogen-bond acceptors (Lipinski definition) is 3. The number of hydrogen-bond donors (Lipinski definition) is 0. The number of alkyl halides is 1. The van der Waals surface area contributed by atoms with Crippen LogP contribution in [0.5, 0.6) is 0 Å². The van der Waals surface area contributed by atoms with Crippen molar-refractivity contribution in [3.8, 4) is 0 Å². The van der Waals surface area contributed by atoms with E-state index in [9.17, 15) is 0 Å². The van der Waals surface area contributed by atoms with Crippen molar-refractivity contribution in [1.29, 1.82) is 0 Å². The summed E-state index contributed by atoms with van der Waals surface area (Å²) in [4.78, 5) is 9.47. The molecule has 1 aromatic rings. The Balaban J connectivity index is 2.22. The van der Waals surface area contributed by atoms with Gasteiger partial charge in [-0.1, -0.05) is 22.0 Å². The Bertz CT molecular complexity index is 431. The molecule has 0 atom stereocenters. The van der Waals surface area contributed by atoms with E-state index in [1.165, 1.54) is 11.1 Å². The normalized spacial score (nSPS) is 20.2. The Hall–Kier alpha value is -0.610. The number of aryl methyl sites for hydroxylation is 1. The van der Waals surface area contributed by atoms with Crippen molar-refractivity contribution in [3.63, 3.8) is 0 Å². The molecule has 0 aliphatic carbocycles. The summed E-state index contributed by atoms with van der Waals surface area (Å²) in [6.45, 7) is 9.92. The third kappa shape index (κ3) is 2.69. The fourth-order valence-corrected chi connectivity index (χ4v) is 2.76. The highest BCUT2D eigenvalue weighted by Crippen LogP contribution is 2.25. The lowest BCUT2D eigenvalue weighted by molar-refractivity contribution is 0.138. The predicted octanol–water partition coefficient (Wildman–Crippen LogP) is 2.82. The summed E-state index contributed by atoms with van der Waals surface area (Å²) in [6.07, 6.45) is 1.97. The van der Waals surface area contributed by atoms with Gasteiger partial charge in [-0.3, -0.25) is 4.90 Å². The van der Waals surface area contributed by atoms with Crippen LogP contribution in [-0.2, 0) is 5.33 Å². The van der Waals surface area contributed by atoms with Crippen LogP contribution in [-0.4, -0.2) is 42.1 Å². The van der Waals surface area contributed by atoms with Crippen LogP contribution in [0.3, 0.4) is 0 Å². The highest BCUT2D eigenvalue weighted by atomic mass is 79.9. The van der Waals surface area contributed by atoms with E-state index in [0.717, 1.165) is 30.8 Å². The number of likely N-dealkylation sites (N-methyl/N-ethyl adjacent to an activating group) is 1. The number of anilines is 1. The maximum atomic E-state index is 4.64. The standard InChI is InChI=1S/C14H22BrN3/c1-11-7-12(8-15)9-16-13(11)18-6-5-17(4)14(2,3)10-18/h7,9H,5-6,8,10H2,1-4H3. The zero-order valence-electron chi connectivity index (χ0n) is 11.7. The van der Waals surface area contributed by atoms with E-state index >= 15 is 0 Å². The van der Waals surface area contributed by atoms with Crippen LogP contribution in [0.4, 0.5) is 5.82 Å². The van der Waals surface area contributed by atoms with Crippen LogP contribution in [0.15, 0.2) is 12.3 Å². The van der Waals surface area contributed by atoms with E-state index in [2.05, 4.69) is 64.6 Å². The molecule has 4 heteroatoms. The average Bonchev–Trinajstić information content (AvgIpc) is 2.32. The highest BCUT2D eigenvalue weighted by Gasteiger charge is 2.31. The molecule has 2 heterocycles. The van der Waals surface area contributed by atoms with E-state index < -0.39 is 0 Å². The van der Waals surface area contributed by atoms with E-state index in [1.807, 2.05) is 6.20 Å². The molecule has 0 N–H and O–H groups in total. The Morgan fingerprint density at radius 3 is 2.67 bits per heavy atom. The molecule has 0 aromatic carbocycles. The fourth-order valence-electron chi connectivity index (χ4n) is 2.45. The van der Waals surface area contributed by atoms with E-state index in [0.29, 0.717) is 0 Å². The van der Waals surface area contributed by atoms with Crippen molar-refractivity contribution >= 4 is 21.7 Å². The van der Waals surface area contributed by atoms with Gasteiger partial charge in [-0.2, -0.15) is 0 Å². The minimum atomic E-state index is 0.209. The van der Waals surface area contributed by atoms with Gasteiger partial charge < -0.3 is 4.90 Å². The summed E-state index contributed by atoms with van der Waals surface area (Å²) < 4.78 is 0. The third-order valence-corrected chi connectivity index (χ3v) is 4.53. The largest absolute Gasteiger partial charge is 0.353 e. The molecule has 2 rings (SSSR count). The minimum absolute atomic E-state index is 0.209. The lowest BCUT2D eigenvalue weighted by atomic mass is 9.99. The van der Waals surface area contributed by atoms with Gasteiger partial charge in [0, 0.05) is 36.7 Å². The first-order chi connectivity index (χ1) is 8.44. The van der Waals surface area contributed by atoms with Crippen LogP contribution in [0.1, 0.15) is 25.0 Å². The zero-order valence-corrected chi connectivity index (χ0v) is 13.3. The second kappa shape index (κ2) is 5.17. The SMILES string of the molecule is Cc1cc(CBr)cnc1N1CCN(C)C(C)(C)C1. The van der Waals surface area contributed by atoms with Crippen molar-refractivity contribution in [2.45, 2.75) is 31.6 Å². The number of aromatic nitrogens is 1. The quantitative estimate of drug-likeness (QED) is 0.783. The van der Waals surface area contributed by atoms with E-state index in [4.69, 9.17) is 0 Å². The Labute approximate surface area is 118 Å². The number of pyridine rings is 1. The summed E-state index contributed by atoms with van der Waals surface area (Å²) in [6, 6.07) is 2.22. The molecule has 1 aliphatic heterocycles. The molecule has 0 bridgehead atoms. The van der Waals surface area contributed by atoms with Crippen molar-refractivity contribution < 1.29 is 0 Å². The smallest absolute Gasteiger partial charge is 0.131 e.